The molecule has 43 heavy (non-hydrogen) atoms. The van der Waals surface area contributed by atoms with Gasteiger partial charge in [-0.2, -0.15) is 0 Å². The minimum atomic E-state index is -0.914. The average molecular weight is 593 g/mol. The van der Waals surface area contributed by atoms with E-state index in [2.05, 4.69) is 10.6 Å². The maximum Gasteiger partial charge on any atom is 0.338 e. The number of carbonyl (C=O) groups is 3. The van der Waals surface area contributed by atoms with Crippen LogP contribution in [0.2, 0.25) is 0 Å². The van der Waals surface area contributed by atoms with Gasteiger partial charge in [0.15, 0.2) is 5.79 Å². The molecule has 2 amide bonds. The summed E-state index contributed by atoms with van der Waals surface area (Å²) in [5, 5.41) is 23.0. The highest BCUT2D eigenvalue weighted by molar-refractivity contribution is 5.94. The van der Waals surface area contributed by atoms with Gasteiger partial charge in [0.25, 0.3) is 0 Å². The van der Waals surface area contributed by atoms with Crippen molar-refractivity contribution in [1.29, 1.82) is 0 Å². The molecular weight excluding hydrogens is 556 g/mol. The van der Waals surface area contributed by atoms with Gasteiger partial charge in [0, 0.05) is 44.3 Å². The molecule has 0 saturated carbocycles. The zero-order valence-corrected chi connectivity index (χ0v) is 23.7. The lowest BCUT2D eigenvalue weighted by Gasteiger charge is -2.30. The molecule has 4 N–H and O–H groups in total. The van der Waals surface area contributed by atoms with Gasteiger partial charge in [0.1, 0.15) is 24.9 Å². The van der Waals surface area contributed by atoms with Crippen LogP contribution in [0.15, 0.2) is 66.4 Å². The highest BCUT2D eigenvalue weighted by atomic mass is 16.8. The fraction of sp³-hybridized carbons (Fsp3) is 0.406. The van der Waals surface area contributed by atoms with Crippen molar-refractivity contribution in [1.82, 2.24) is 10.6 Å². The Hall–Kier alpha value is -4.03. The summed E-state index contributed by atoms with van der Waals surface area (Å²) in [5.41, 5.74) is 3.78. The second-order valence-corrected chi connectivity index (χ2v) is 10.6. The second kappa shape index (κ2) is 14.0. The molecule has 0 bridgehead atoms. The number of rotatable bonds is 12. The number of benzene rings is 2. The lowest BCUT2D eigenvalue weighted by atomic mass is 9.91. The van der Waals surface area contributed by atoms with E-state index in [1.54, 1.807) is 36.4 Å². The number of hydrogen-bond acceptors (Lipinski definition) is 9. The first-order chi connectivity index (χ1) is 20.9. The summed E-state index contributed by atoms with van der Waals surface area (Å²) in [5.74, 6) is -2.14. The van der Waals surface area contributed by atoms with Crippen molar-refractivity contribution in [2.75, 3.05) is 32.9 Å². The number of amides is 2. The van der Waals surface area contributed by atoms with E-state index in [0.717, 1.165) is 16.7 Å². The van der Waals surface area contributed by atoms with Crippen LogP contribution in [0.4, 0.5) is 0 Å². The van der Waals surface area contributed by atoms with Crippen molar-refractivity contribution in [3.05, 3.63) is 88.7 Å². The van der Waals surface area contributed by atoms with Crippen LogP contribution < -0.4 is 10.6 Å². The van der Waals surface area contributed by atoms with E-state index in [-0.39, 0.29) is 57.6 Å². The summed E-state index contributed by atoms with van der Waals surface area (Å²) in [6, 6.07) is 14.8. The van der Waals surface area contributed by atoms with Crippen molar-refractivity contribution < 1.29 is 43.5 Å². The third-order valence-corrected chi connectivity index (χ3v) is 7.55. The molecule has 3 aliphatic rings. The number of hydrogen-bond donors (Lipinski definition) is 4. The van der Waals surface area contributed by atoms with Crippen molar-refractivity contribution in [3.63, 3.8) is 0 Å². The molecule has 11 nitrogen and oxygen atoms in total. The Morgan fingerprint density at radius 1 is 0.953 bits per heavy atom. The topological polar surface area (TPSA) is 153 Å². The van der Waals surface area contributed by atoms with Crippen LogP contribution in [0.5, 0.6) is 0 Å². The molecule has 1 heterocycles. The number of carbonyl (C=O) groups excluding carboxylic acids is 3. The number of nitrogens with one attached hydrogen (secondary N) is 2. The zero-order valence-electron chi connectivity index (χ0n) is 23.7. The minimum Gasteiger partial charge on any atom is -0.499 e. The Morgan fingerprint density at radius 2 is 1.70 bits per heavy atom. The molecule has 3 atom stereocenters. The summed E-state index contributed by atoms with van der Waals surface area (Å²) in [6.45, 7) is 0.202. The van der Waals surface area contributed by atoms with Crippen LogP contribution in [0.25, 0.3) is 6.08 Å². The first-order valence-electron chi connectivity index (χ1n) is 14.4. The van der Waals surface area contributed by atoms with Gasteiger partial charge in [-0.3, -0.25) is 9.59 Å². The zero-order chi connectivity index (χ0) is 30.2. The van der Waals surface area contributed by atoms with Crippen molar-refractivity contribution in [2.24, 2.45) is 0 Å². The lowest BCUT2D eigenvalue weighted by Crippen LogP contribution is -2.44. The van der Waals surface area contributed by atoms with Crippen molar-refractivity contribution >= 4 is 23.9 Å². The van der Waals surface area contributed by atoms with Gasteiger partial charge in [0.05, 0.1) is 25.0 Å². The normalized spacial score (nSPS) is 21.6. The molecule has 0 unspecified atom stereocenters. The fourth-order valence-corrected chi connectivity index (χ4v) is 5.53. The first kappa shape index (κ1) is 30.4. The molecule has 228 valence electrons. The highest BCUT2D eigenvalue weighted by Crippen LogP contribution is 2.45. The molecule has 0 radical (unpaired) electrons. The Morgan fingerprint density at radius 3 is 2.40 bits per heavy atom. The average Bonchev–Trinajstić information content (AvgIpc) is 3.56. The van der Waals surface area contributed by atoms with E-state index in [9.17, 15) is 14.4 Å². The molecule has 2 aromatic rings. The van der Waals surface area contributed by atoms with Gasteiger partial charge in [-0.15, -0.1) is 0 Å². The van der Waals surface area contributed by atoms with E-state index >= 15 is 0 Å². The van der Waals surface area contributed by atoms with Crippen LogP contribution in [-0.2, 0) is 41.4 Å². The molecule has 1 fully saturated rings. The summed E-state index contributed by atoms with van der Waals surface area (Å²) in [6.07, 6.45) is 4.18. The third kappa shape index (κ3) is 7.49. The highest BCUT2D eigenvalue weighted by Gasteiger charge is 2.55. The Balaban J connectivity index is 1.28. The largest absolute Gasteiger partial charge is 0.499 e. The molecular formula is C32H36N2O9. The maximum atomic E-state index is 13.2. The molecule has 11 heteroatoms. The Kier molecular flexibility index (Phi) is 9.88. The van der Waals surface area contributed by atoms with Gasteiger partial charge in [-0.1, -0.05) is 36.4 Å². The maximum absolute atomic E-state index is 13.2. The Labute approximate surface area is 249 Å². The van der Waals surface area contributed by atoms with E-state index in [0.29, 0.717) is 24.0 Å². The molecule has 1 aliphatic heterocycles. The molecule has 1 saturated heterocycles. The monoisotopic (exact) mass is 592 g/mol. The van der Waals surface area contributed by atoms with Crippen LogP contribution >= 0.6 is 0 Å². The van der Waals surface area contributed by atoms with Gasteiger partial charge >= 0.3 is 5.97 Å². The number of fused-ring (bicyclic) bond motifs is 2. The number of aliphatic hydroxyl groups is 2. The van der Waals surface area contributed by atoms with Gasteiger partial charge in [0.2, 0.25) is 11.8 Å². The molecule has 5 rings (SSSR count). The molecule has 2 aliphatic carbocycles. The van der Waals surface area contributed by atoms with E-state index in [1.807, 2.05) is 24.3 Å². The quantitative estimate of drug-likeness (QED) is 0.163. The predicted molar refractivity (Wildman–Crippen MR) is 154 cm³/mol. The smallest absolute Gasteiger partial charge is 0.338 e. The van der Waals surface area contributed by atoms with Gasteiger partial charge < -0.3 is 39.8 Å². The molecule has 1 spiro atoms. The van der Waals surface area contributed by atoms with E-state index < -0.39 is 30.1 Å². The van der Waals surface area contributed by atoms with Crippen LogP contribution in [-0.4, -0.2) is 85.0 Å². The SMILES string of the molecule is O=C(CCNC(=O)C1=C[C@H]2OC3(Cc4ccccc4C3)O[C@H]2[C@H](OC(=O)c2ccc(C=COCCO)cc2)C1)NCCO. The van der Waals surface area contributed by atoms with Gasteiger partial charge in [-0.05, 0) is 41.0 Å². The van der Waals surface area contributed by atoms with Gasteiger partial charge in [-0.25, -0.2) is 4.79 Å². The summed E-state index contributed by atoms with van der Waals surface area (Å²) >= 11 is 0. The number of ether oxygens (including phenoxy) is 4. The van der Waals surface area contributed by atoms with Crippen LogP contribution in [0.3, 0.4) is 0 Å². The van der Waals surface area contributed by atoms with Crippen LogP contribution in [0, 0.1) is 0 Å². The number of esters is 1. The standard InChI is InChI=1S/C32H36N2O9/c35-13-12-33-28(37)9-11-34-30(38)25-17-26(41-31(39)22-7-5-21(6-8-22)10-15-40-16-14-36)29-27(18-25)42-32(43-29)19-23-3-1-2-4-24(23)20-32/h1-8,10,15,18,26-27,29,35-36H,9,11-14,16-17,19-20H2,(H,33,37)(H,34,38)/t26-,27-,29+/m1/s1. The minimum absolute atomic E-state index is 0.0587. The molecule has 0 aromatic heterocycles. The van der Waals surface area contributed by atoms with Crippen molar-refractivity contribution in [2.45, 2.75) is 49.8 Å². The first-order valence-corrected chi connectivity index (χ1v) is 14.4. The lowest BCUT2D eigenvalue weighted by molar-refractivity contribution is -0.172. The number of aliphatic hydroxyl groups excluding tert-OH is 2. The fourth-order valence-electron chi connectivity index (χ4n) is 5.53. The van der Waals surface area contributed by atoms with E-state index in [1.165, 1.54) is 6.26 Å². The predicted octanol–water partition coefficient (Wildman–Crippen LogP) is 1.42. The summed E-state index contributed by atoms with van der Waals surface area (Å²) in [4.78, 5) is 38.2. The van der Waals surface area contributed by atoms with Crippen LogP contribution in [0.1, 0.15) is 39.9 Å². The second-order valence-electron chi connectivity index (χ2n) is 10.6. The Bertz CT molecular complexity index is 1350. The third-order valence-electron chi connectivity index (χ3n) is 7.55. The van der Waals surface area contributed by atoms with E-state index in [4.69, 9.17) is 29.2 Å². The summed E-state index contributed by atoms with van der Waals surface area (Å²) in [7, 11) is 0. The van der Waals surface area contributed by atoms with Crippen molar-refractivity contribution in [3.8, 4) is 0 Å². The summed E-state index contributed by atoms with van der Waals surface area (Å²) < 4.78 is 24.1. The molecule has 2 aromatic carbocycles.